The van der Waals surface area contributed by atoms with E-state index in [0.29, 0.717) is 18.7 Å². The molecule has 0 bridgehead atoms. The summed E-state index contributed by atoms with van der Waals surface area (Å²) in [5.41, 5.74) is 1.84. The maximum Gasteiger partial charge on any atom is 0.254 e. The predicted molar refractivity (Wildman–Crippen MR) is 79.5 cm³/mol. The Balaban J connectivity index is 1.75. The molecule has 4 nitrogen and oxygen atoms in total. The largest absolute Gasteiger partial charge is 0.487 e. The molecule has 2 heterocycles. The van der Waals surface area contributed by atoms with Crippen molar-refractivity contribution in [3.8, 4) is 5.75 Å². The summed E-state index contributed by atoms with van der Waals surface area (Å²) in [6, 6.07) is 3.10. The fraction of sp³-hybridized carbons (Fsp3) is 0.562. The Kier molecular flexibility index (Phi) is 3.93. The highest BCUT2D eigenvalue weighted by atomic mass is 19.1. The number of rotatable bonds is 3. The summed E-state index contributed by atoms with van der Waals surface area (Å²) in [6.07, 6.45) is -0.104. The van der Waals surface area contributed by atoms with Gasteiger partial charge in [-0.15, -0.1) is 0 Å². The van der Waals surface area contributed by atoms with Gasteiger partial charge in [-0.3, -0.25) is 4.79 Å². The number of halogens is 2. The zero-order valence-electron chi connectivity index (χ0n) is 12.7. The van der Waals surface area contributed by atoms with Crippen molar-refractivity contribution in [1.29, 1.82) is 0 Å². The number of hydrogen-bond donors (Lipinski definition) is 1. The third kappa shape index (κ3) is 2.74. The smallest absolute Gasteiger partial charge is 0.254 e. The van der Waals surface area contributed by atoms with Crippen LogP contribution in [0.5, 0.6) is 5.75 Å². The van der Waals surface area contributed by atoms with Gasteiger partial charge in [-0.1, -0.05) is 0 Å². The lowest BCUT2D eigenvalue weighted by atomic mass is 10.1. The zero-order valence-corrected chi connectivity index (χ0v) is 12.7. The molecule has 6 heteroatoms. The Hall–Kier alpha value is -1.85. The minimum atomic E-state index is -1.50. The van der Waals surface area contributed by atoms with Crippen LogP contribution >= 0.6 is 0 Å². The van der Waals surface area contributed by atoms with Crippen LogP contribution in [0.15, 0.2) is 12.1 Å². The van der Waals surface area contributed by atoms with Gasteiger partial charge in [-0.25, -0.2) is 8.78 Å². The van der Waals surface area contributed by atoms with Crippen molar-refractivity contribution in [3.05, 3.63) is 23.5 Å². The maximum atomic E-state index is 13.8. The molecule has 0 radical (unpaired) electrons. The number of fused-ring (bicyclic) bond motifs is 1. The molecule has 0 saturated carbocycles. The molecule has 2 unspecified atom stereocenters. The lowest BCUT2D eigenvalue weighted by molar-refractivity contribution is -0.125. The first-order valence-corrected chi connectivity index (χ1v) is 7.63. The van der Waals surface area contributed by atoms with Crippen LogP contribution < -0.4 is 15.0 Å². The van der Waals surface area contributed by atoms with Gasteiger partial charge in [-0.05, 0) is 32.4 Å². The molecule has 2 aliphatic rings. The van der Waals surface area contributed by atoms with Crippen molar-refractivity contribution in [2.75, 3.05) is 18.0 Å². The molecule has 2 aliphatic heterocycles. The number of carbonyl (C=O) groups is 1. The Labute approximate surface area is 128 Å². The van der Waals surface area contributed by atoms with Crippen LogP contribution in [0, 0.1) is 5.82 Å². The van der Waals surface area contributed by atoms with Gasteiger partial charge in [0.15, 0.2) is 17.7 Å². The average Bonchev–Trinajstić information content (AvgIpc) is 3.06. The van der Waals surface area contributed by atoms with Gasteiger partial charge >= 0.3 is 0 Å². The first kappa shape index (κ1) is 15.1. The fourth-order valence-corrected chi connectivity index (χ4v) is 3.15. The molecule has 1 aromatic carbocycles. The quantitative estimate of drug-likeness (QED) is 0.930. The number of hydrogen-bond acceptors (Lipinski definition) is 3. The van der Waals surface area contributed by atoms with E-state index in [2.05, 4.69) is 10.2 Å². The number of alkyl halides is 1. The highest BCUT2D eigenvalue weighted by Gasteiger charge is 2.31. The van der Waals surface area contributed by atoms with Gasteiger partial charge in [0, 0.05) is 36.8 Å². The molecular weight excluding hydrogens is 290 g/mol. The lowest BCUT2D eigenvalue weighted by Crippen LogP contribution is -2.40. The van der Waals surface area contributed by atoms with Gasteiger partial charge in [0.05, 0.1) is 0 Å². The van der Waals surface area contributed by atoms with E-state index in [1.54, 1.807) is 6.07 Å². The van der Waals surface area contributed by atoms with Crippen LogP contribution in [0.25, 0.3) is 0 Å². The minimum Gasteiger partial charge on any atom is -0.487 e. The van der Waals surface area contributed by atoms with Crippen molar-refractivity contribution in [2.24, 2.45) is 0 Å². The van der Waals surface area contributed by atoms with Gasteiger partial charge in [0.25, 0.3) is 5.91 Å². The minimum absolute atomic E-state index is 0.0314. The summed E-state index contributed by atoms with van der Waals surface area (Å²) in [4.78, 5) is 13.5. The van der Waals surface area contributed by atoms with Crippen molar-refractivity contribution in [1.82, 2.24) is 5.32 Å². The van der Waals surface area contributed by atoms with Crippen molar-refractivity contribution < 1.29 is 18.3 Å². The van der Waals surface area contributed by atoms with Gasteiger partial charge in [0.1, 0.15) is 6.10 Å². The van der Waals surface area contributed by atoms with Crippen molar-refractivity contribution in [2.45, 2.75) is 45.0 Å². The number of nitrogens with zero attached hydrogens (tertiary/aromatic N) is 1. The van der Waals surface area contributed by atoms with Crippen molar-refractivity contribution >= 4 is 11.6 Å². The van der Waals surface area contributed by atoms with Gasteiger partial charge in [0.2, 0.25) is 0 Å². The molecule has 0 spiro atoms. The van der Waals surface area contributed by atoms with E-state index in [-0.39, 0.29) is 18.0 Å². The van der Waals surface area contributed by atoms with Crippen LogP contribution in [0.1, 0.15) is 25.8 Å². The Morgan fingerprint density at radius 2 is 2.27 bits per heavy atom. The second-order valence-electron chi connectivity index (χ2n) is 6.06. The van der Waals surface area contributed by atoms with Crippen LogP contribution in [0.3, 0.4) is 0 Å². The Bertz CT molecular complexity index is 592. The number of amides is 1. The van der Waals surface area contributed by atoms with Crippen molar-refractivity contribution in [3.63, 3.8) is 0 Å². The van der Waals surface area contributed by atoms with E-state index < -0.39 is 12.1 Å². The first-order chi connectivity index (χ1) is 10.5. The van der Waals surface area contributed by atoms with Crippen LogP contribution in [-0.2, 0) is 11.2 Å². The molecule has 1 fully saturated rings. The van der Waals surface area contributed by atoms with Gasteiger partial charge in [-0.2, -0.15) is 0 Å². The summed E-state index contributed by atoms with van der Waals surface area (Å²) < 4.78 is 32.3. The average molecular weight is 310 g/mol. The van der Waals surface area contributed by atoms with E-state index >= 15 is 0 Å². The number of carbonyl (C=O) groups excluding carboxylic acids is 1. The number of benzene rings is 1. The number of ether oxygens (including phenoxy) is 1. The third-order valence-corrected chi connectivity index (χ3v) is 4.23. The summed E-state index contributed by atoms with van der Waals surface area (Å²) in [7, 11) is 0. The predicted octanol–water partition coefficient (Wildman–Crippen LogP) is 2.20. The first-order valence-electron chi connectivity index (χ1n) is 7.63. The topological polar surface area (TPSA) is 41.6 Å². The molecule has 0 aliphatic carbocycles. The molecule has 22 heavy (non-hydrogen) atoms. The molecule has 3 atom stereocenters. The molecule has 1 aromatic rings. The van der Waals surface area contributed by atoms with Crippen LogP contribution in [-0.4, -0.2) is 37.3 Å². The monoisotopic (exact) mass is 310 g/mol. The molecule has 1 saturated heterocycles. The summed E-state index contributed by atoms with van der Waals surface area (Å²) in [6.45, 7) is 4.50. The van der Waals surface area contributed by atoms with Crippen LogP contribution in [0.4, 0.5) is 14.5 Å². The standard InChI is InChI=1S/C16H20F2N2O2/c1-9-7-12-14(4-3-13(18)15(12)22-9)20-6-5-11(8-20)19-16(21)10(2)17/h3-4,9-11H,5-8H2,1-2H3,(H,19,21)/t9?,10?,11-/m0/s1. The fourth-order valence-electron chi connectivity index (χ4n) is 3.15. The van der Waals surface area contributed by atoms with E-state index in [4.69, 9.17) is 4.74 Å². The van der Waals surface area contributed by atoms with Gasteiger partial charge < -0.3 is 15.0 Å². The molecule has 120 valence electrons. The van der Waals surface area contributed by atoms with E-state index in [1.165, 1.54) is 13.0 Å². The lowest BCUT2D eigenvalue weighted by Gasteiger charge is -2.21. The summed E-state index contributed by atoms with van der Waals surface area (Å²) in [5, 5.41) is 2.70. The van der Waals surface area contributed by atoms with E-state index in [0.717, 1.165) is 24.2 Å². The SMILES string of the molecule is CC1Cc2c(N3CC[C@H](NC(=O)C(C)F)C3)ccc(F)c2O1. The Morgan fingerprint density at radius 1 is 1.50 bits per heavy atom. The molecule has 0 aromatic heterocycles. The van der Waals surface area contributed by atoms with E-state index in [9.17, 15) is 13.6 Å². The third-order valence-electron chi connectivity index (χ3n) is 4.23. The zero-order chi connectivity index (χ0) is 15.9. The highest BCUT2D eigenvalue weighted by molar-refractivity contribution is 5.80. The molecule has 3 rings (SSSR count). The van der Waals surface area contributed by atoms with Crippen LogP contribution in [0.2, 0.25) is 0 Å². The second-order valence-corrected chi connectivity index (χ2v) is 6.06. The maximum absolute atomic E-state index is 13.8. The van der Waals surface area contributed by atoms with E-state index in [1.807, 2.05) is 6.92 Å². The second kappa shape index (κ2) is 5.74. The number of nitrogens with one attached hydrogen (secondary N) is 1. The summed E-state index contributed by atoms with van der Waals surface area (Å²) >= 11 is 0. The Morgan fingerprint density at radius 3 is 3.00 bits per heavy atom. The highest BCUT2D eigenvalue weighted by Crippen LogP contribution is 2.39. The molecule has 1 N–H and O–H groups in total. The normalized spacial score (nSPS) is 24.8. The molecular formula is C16H20F2N2O2. The summed E-state index contributed by atoms with van der Waals surface area (Å²) in [5.74, 6) is -0.568. The number of anilines is 1. The molecule has 1 amide bonds.